The summed E-state index contributed by atoms with van der Waals surface area (Å²) in [4.78, 5) is 0. The maximum atomic E-state index is 10.9. The first-order valence-electron chi connectivity index (χ1n) is 0.521. The van der Waals surface area contributed by atoms with Crippen LogP contribution in [0.3, 0.4) is 0 Å². The van der Waals surface area contributed by atoms with Gasteiger partial charge in [0.2, 0.25) is 11.8 Å². The Morgan fingerprint density at radius 2 is 2.00 bits per heavy atom. The van der Waals surface area contributed by atoms with Crippen molar-refractivity contribution in [2.45, 2.75) is 0 Å². The zero-order chi connectivity index (χ0) is 3.58. The van der Waals surface area contributed by atoms with Crippen molar-refractivity contribution in [3.8, 4) is 0 Å². The minimum absolute atomic E-state index is 1.56. The molecule has 1 unspecified atom stereocenters. The van der Waals surface area contributed by atoms with Gasteiger partial charge in [0.1, 0.15) is 0 Å². The Labute approximate surface area is 42.8 Å². The minimum Gasteiger partial charge on any atom is 0.0312 e. The van der Waals surface area contributed by atoms with Crippen LogP contribution in [0.4, 0.5) is 4.20 Å². The maximum Gasteiger partial charge on any atom is 0.463 e. The van der Waals surface area contributed by atoms with Gasteiger partial charge in [-0.15, -0.1) is 0 Å². The molecule has 0 aliphatic carbocycles. The molecule has 0 radical (unpaired) electrons. The first-order valence-corrected chi connectivity index (χ1v) is 5.55. The van der Waals surface area contributed by atoms with Crippen LogP contribution in [0.15, 0.2) is 0 Å². The lowest BCUT2D eigenvalue weighted by atomic mass is 18.9. The van der Waals surface area contributed by atoms with Crippen molar-refractivity contribution in [3.05, 3.63) is 0 Å². The first kappa shape index (κ1) is 5.18. The van der Waals surface area contributed by atoms with E-state index in [1.54, 1.807) is 22.0 Å². The van der Waals surface area contributed by atoms with E-state index in [4.69, 9.17) is 0 Å². The largest absolute Gasteiger partial charge is 0.463 e. The molecule has 0 N–H and O–H groups in total. The lowest BCUT2D eigenvalue weighted by Crippen LogP contribution is -0.945. The average molecular weight is 209 g/mol. The summed E-state index contributed by atoms with van der Waals surface area (Å²) in [5.41, 5.74) is 0. The standard InChI is InChI=1S/FIPS/c1-3(2)4/q+1. The van der Waals surface area contributed by atoms with E-state index in [0.29, 0.717) is 0 Å². The maximum absolute atomic E-state index is 10.9. The van der Waals surface area contributed by atoms with Gasteiger partial charge in [0.25, 0.3) is 22.0 Å². The fourth-order valence-corrected chi connectivity index (χ4v) is 0. The zero-order valence-electron chi connectivity index (χ0n) is 1.61. The fourth-order valence-electron chi connectivity index (χ4n) is 0. The normalized spacial score (nSPS) is 11.0. The molecule has 0 aliphatic heterocycles. The molecule has 4 heteroatoms. The van der Waals surface area contributed by atoms with Crippen LogP contribution in [0.5, 0.6) is 0 Å². The smallest absolute Gasteiger partial charge is 0.0312 e. The Hall–Kier alpha value is 1.18. The van der Waals surface area contributed by atoms with Crippen molar-refractivity contribution >= 4 is 38.5 Å². The van der Waals surface area contributed by atoms with E-state index in [1.807, 2.05) is 0 Å². The Balaban J connectivity index is 2.80. The second-order valence-electron chi connectivity index (χ2n) is 0.202. The van der Waals surface area contributed by atoms with Crippen molar-refractivity contribution < 1.29 is 4.20 Å². The van der Waals surface area contributed by atoms with Gasteiger partial charge < -0.3 is 0 Å². The van der Waals surface area contributed by atoms with E-state index < -0.39 is 4.65 Å². The summed E-state index contributed by atoms with van der Waals surface area (Å²) in [7, 11) is 0. The van der Waals surface area contributed by atoms with Crippen molar-refractivity contribution in [1.82, 2.24) is 0 Å². The van der Waals surface area contributed by atoms with Gasteiger partial charge in [-0.2, -0.15) is 0 Å². The van der Waals surface area contributed by atoms with Gasteiger partial charge in [-0.3, -0.25) is 0 Å². The van der Waals surface area contributed by atoms with Crippen LogP contribution in [0.2, 0.25) is 0 Å². The fraction of sp³-hybridized carbons (Fsp3) is 0. The quantitative estimate of drug-likeness (QED) is 0.435. The van der Waals surface area contributed by atoms with Crippen molar-refractivity contribution in [1.29, 1.82) is 0 Å². The van der Waals surface area contributed by atoms with Gasteiger partial charge in [0, 0.05) is 4.20 Å². The SMILES string of the molecule is F[P+](=S)I. The lowest BCUT2D eigenvalue weighted by molar-refractivity contribution is 0.937. The van der Waals surface area contributed by atoms with Crippen LogP contribution in [0, 0.1) is 0 Å². The molecule has 4 heavy (non-hydrogen) atoms. The molecule has 0 amide bonds. The second kappa shape index (κ2) is 2.42. The highest BCUT2D eigenvalue weighted by atomic mass is 127. The van der Waals surface area contributed by atoms with E-state index in [9.17, 15) is 4.20 Å². The third-order valence-electron chi connectivity index (χ3n) is 0. The molecule has 0 aromatic heterocycles. The predicted molar refractivity (Wildman–Crippen MR) is 29.4 cm³/mol. The summed E-state index contributed by atoms with van der Waals surface area (Å²) in [5.74, 6) is 0. The number of hydrogen-bond donors (Lipinski definition) is 0. The van der Waals surface area contributed by atoms with Gasteiger partial charge in [0.15, 0.2) is 0 Å². The second-order valence-corrected chi connectivity index (χ2v) is 6.07. The topological polar surface area (TPSA) is 0 Å². The molecule has 0 nitrogen and oxygen atoms in total. The molecule has 0 spiro atoms. The summed E-state index contributed by atoms with van der Waals surface area (Å²) < 4.78 is 9.30. The highest BCUT2D eigenvalue weighted by molar-refractivity contribution is 14.2. The third kappa shape index (κ3) is 10.9. The molecular weight excluding hydrogens is 209 g/mol. The summed E-state index contributed by atoms with van der Waals surface area (Å²) in [6, 6.07) is 0. The summed E-state index contributed by atoms with van der Waals surface area (Å²) in [5, 5.41) is 0. The van der Waals surface area contributed by atoms with Crippen LogP contribution in [-0.4, -0.2) is 0 Å². The van der Waals surface area contributed by atoms with Crippen LogP contribution in [0.25, 0.3) is 0 Å². The molecule has 24 valence electrons. The predicted octanol–water partition coefficient (Wildman–Crippen LogP) is 2.16. The Morgan fingerprint density at radius 1 is 2.00 bits per heavy atom. The molecule has 0 aliphatic rings. The number of rotatable bonds is 0. The summed E-state index contributed by atoms with van der Waals surface area (Å²) in [6.45, 7) is 0. The van der Waals surface area contributed by atoms with E-state index in [0.717, 1.165) is 0 Å². The molecular formula is FIPS+. The van der Waals surface area contributed by atoms with E-state index in [-0.39, 0.29) is 0 Å². The van der Waals surface area contributed by atoms with Gasteiger partial charge >= 0.3 is 4.65 Å². The number of halogens is 2. The van der Waals surface area contributed by atoms with Crippen LogP contribution >= 0.6 is 26.7 Å². The third-order valence-corrected chi connectivity index (χ3v) is 0. The van der Waals surface area contributed by atoms with Crippen LogP contribution < -0.4 is 0 Å². The van der Waals surface area contributed by atoms with Crippen molar-refractivity contribution in [3.63, 3.8) is 0 Å². The minimum atomic E-state index is -1.57. The molecule has 0 aromatic carbocycles. The van der Waals surface area contributed by atoms with Crippen LogP contribution in [-0.2, 0) is 11.8 Å². The molecule has 0 saturated heterocycles. The molecule has 0 fully saturated rings. The highest BCUT2D eigenvalue weighted by Gasteiger charge is 1.91. The van der Waals surface area contributed by atoms with E-state index >= 15 is 0 Å². The molecule has 0 rings (SSSR count). The van der Waals surface area contributed by atoms with Crippen LogP contribution in [0.1, 0.15) is 0 Å². The molecule has 1 atom stereocenters. The van der Waals surface area contributed by atoms with E-state index in [2.05, 4.69) is 11.8 Å². The Bertz CT molecular complexity index is 31.0. The number of hydrogen-bond acceptors (Lipinski definition) is 1. The molecule has 0 saturated carbocycles. The van der Waals surface area contributed by atoms with E-state index in [1.165, 1.54) is 0 Å². The monoisotopic (exact) mass is 209 g/mol. The zero-order valence-corrected chi connectivity index (χ0v) is 5.48. The van der Waals surface area contributed by atoms with Gasteiger partial charge in [-0.25, -0.2) is 0 Å². The summed E-state index contributed by atoms with van der Waals surface area (Å²) >= 11 is 5.56. The molecule has 0 heterocycles. The Kier molecular flexibility index (Phi) is 3.13. The van der Waals surface area contributed by atoms with Gasteiger partial charge in [-0.05, 0) is 0 Å². The van der Waals surface area contributed by atoms with Gasteiger partial charge in [0.05, 0.1) is 0 Å². The lowest BCUT2D eigenvalue weighted by Gasteiger charge is -1.27. The average Bonchev–Trinajstić information content (AvgIpc) is 0.811. The molecule has 0 aromatic rings. The Morgan fingerprint density at radius 3 is 2.00 bits per heavy atom. The van der Waals surface area contributed by atoms with Crippen molar-refractivity contribution in [2.75, 3.05) is 0 Å². The van der Waals surface area contributed by atoms with Gasteiger partial charge in [-0.1, -0.05) is 0 Å². The first-order chi connectivity index (χ1) is 1.73. The van der Waals surface area contributed by atoms with Crippen molar-refractivity contribution in [2.24, 2.45) is 0 Å². The molecule has 0 bridgehead atoms. The highest BCUT2D eigenvalue weighted by Crippen LogP contribution is 2.31. The summed E-state index contributed by atoms with van der Waals surface area (Å²) in [6.07, 6.45) is 0.